The Morgan fingerprint density at radius 2 is 1.74 bits per heavy atom. The summed E-state index contributed by atoms with van der Waals surface area (Å²) in [5.41, 5.74) is 10.3. The summed E-state index contributed by atoms with van der Waals surface area (Å²) in [4.78, 5) is 21.2. The minimum Gasteiger partial charge on any atom is -0.330 e. The molecule has 3 aromatic carbocycles. The molecule has 0 aliphatic heterocycles. The van der Waals surface area contributed by atoms with Crippen molar-refractivity contribution in [3.8, 4) is 11.3 Å². The van der Waals surface area contributed by atoms with E-state index in [2.05, 4.69) is 43.7 Å². The second kappa shape index (κ2) is 12.0. The molecule has 0 aliphatic carbocycles. The van der Waals surface area contributed by atoms with Crippen LogP contribution >= 0.6 is 11.6 Å². The van der Waals surface area contributed by atoms with Gasteiger partial charge in [-0.2, -0.15) is 0 Å². The summed E-state index contributed by atoms with van der Waals surface area (Å²) in [5, 5.41) is 0.660. The van der Waals surface area contributed by atoms with Crippen LogP contribution in [0, 0.1) is 12.3 Å². The minimum absolute atomic E-state index is 0.0167. The van der Waals surface area contributed by atoms with Gasteiger partial charge in [0.1, 0.15) is 5.82 Å². The molecule has 0 fully saturated rings. The third-order valence-corrected chi connectivity index (χ3v) is 6.90. The molecule has 4 aromatic rings. The van der Waals surface area contributed by atoms with E-state index in [9.17, 15) is 4.79 Å². The molecule has 198 valence electrons. The van der Waals surface area contributed by atoms with Gasteiger partial charge in [-0.3, -0.25) is 4.79 Å². The second-order valence-corrected chi connectivity index (χ2v) is 11.3. The molecule has 6 heteroatoms. The van der Waals surface area contributed by atoms with Gasteiger partial charge < -0.3 is 15.2 Å². The third-order valence-electron chi connectivity index (χ3n) is 6.66. The Hall–Kier alpha value is -3.41. The number of imidazole rings is 1. The van der Waals surface area contributed by atoms with Gasteiger partial charge in [-0.15, -0.1) is 0 Å². The van der Waals surface area contributed by atoms with E-state index >= 15 is 0 Å². The molecule has 0 unspecified atom stereocenters. The van der Waals surface area contributed by atoms with Crippen molar-refractivity contribution in [3.05, 3.63) is 113 Å². The van der Waals surface area contributed by atoms with Crippen LogP contribution < -0.4 is 5.73 Å². The first-order valence-corrected chi connectivity index (χ1v) is 13.5. The first kappa shape index (κ1) is 27.6. The van der Waals surface area contributed by atoms with Crippen molar-refractivity contribution in [2.24, 2.45) is 11.1 Å². The van der Waals surface area contributed by atoms with E-state index in [1.165, 1.54) is 0 Å². The SMILES string of the molecule is Cc1ccc(C(=O)N(CCCN)[C@@H](c2nc(-c3cccc(Cl)c3)cn2Cc2ccccc2)C(C)(C)C)cc1. The van der Waals surface area contributed by atoms with Crippen molar-refractivity contribution < 1.29 is 4.79 Å². The first-order chi connectivity index (χ1) is 18.2. The number of nitrogens with zero attached hydrogens (tertiary/aromatic N) is 3. The topological polar surface area (TPSA) is 64.2 Å². The molecule has 5 nitrogen and oxygen atoms in total. The van der Waals surface area contributed by atoms with Crippen molar-refractivity contribution in [1.82, 2.24) is 14.5 Å². The van der Waals surface area contributed by atoms with Crippen molar-refractivity contribution in [2.75, 3.05) is 13.1 Å². The fourth-order valence-corrected chi connectivity index (χ4v) is 5.00. The van der Waals surface area contributed by atoms with Gasteiger partial charge in [0.25, 0.3) is 5.91 Å². The van der Waals surface area contributed by atoms with Gasteiger partial charge in [0.15, 0.2) is 0 Å². The van der Waals surface area contributed by atoms with Gasteiger partial charge >= 0.3 is 0 Å². The zero-order chi connectivity index (χ0) is 27.3. The maximum Gasteiger partial charge on any atom is 0.254 e. The van der Waals surface area contributed by atoms with Crippen molar-refractivity contribution >= 4 is 17.5 Å². The van der Waals surface area contributed by atoms with Crippen molar-refractivity contribution in [3.63, 3.8) is 0 Å². The molecule has 0 aliphatic rings. The smallest absolute Gasteiger partial charge is 0.254 e. The fraction of sp³-hybridized carbons (Fsp3) is 0.312. The number of halogens is 1. The lowest BCUT2D eigenvalue weighted by atomic mass is 9.84. The summed E-state index contributed by atoms with van der Waals surface area (Å²) >= 11 is 6.34. The van der Waals surface area contributed by atoms with Crippen LogP contribution in [0.2, 0.25) is 5.02 Å². The van der Waals surface area contributed by atoms with E-state index in [4.69, 9.17) is 22.3 Å². The second-order valence-electron chi connectivity index (χ2n) is 10.9. The van der Waals surface area contributed by atoms with Crippen LogP contribution in [0.15, 0.2) is 85.1 Å². The molecule has 1 aromatic heterocycles. The highest BCUT2D eigenvalue weighted by Crippen LogP contribution is 2.40. The highest BCUT2D eigenvalue weighted by Gasteiger charge is 2.38. The number of aromatic nitrogens is 2. The summed E-state index contributed by atoms with van der Waals surface area (Å²) < 4.78 is 2.18. The summed E-state index contributed by atoms with van der Waals surface area (Å²) in [5.74, 6) is 0.825. The summed E-state index contributed by atoms with van der Waals surface area (Å²) in [6.07, 6.45) is 2.77. The maximum absolute atomic E-state index is 14.0. The zero-order valence-electron chi connectivity index (χ0n) is 22.7. The maximum atomic E-state index is 14.0. The molecule has 0 bridgehead atoms. The number of nitrogens with two attached hydrogens (primary N) is 1. The summed E-state index contributed by atoms with van der Waals surface area (Å²) in [6, 6.07) is 25.5. The molecule has 0 radical (unpaired) electrons. The minimum atomic E-state index is -0.305. The quantitative estimate of drug-likeness (QED) is 0.251. The van der Waals surface area contributed by atoms with Crippen LogP contribution in [-0.2, 0) is 6.54 Å². The Morgan fingerprint density at radius 3 is 2.37 bits per heavy atom. The molecule has 0 saturated carbocycles. The average molecular weight is 529 g/mol. The number of carbonyl (C=O) groups is 1. The van der Waals surface area contributed by atoms with E-state index in [0.29, 0.717) is 36.6 Å². The number of hydrogen-bond donors (Lipinski definition) is 1. The standard InChI is InChI=1S/C32H37ClN4O/c1-23-14-16-25(17-15-23)31(38)37(19-9-18-34)29(32(2,3)4)30-35-28(26-12-8-13-27(33)20-26)22-36(30)21-24-10-6-5-7-11-24/h5-8,10-17,20,22,29H,9,18-19,21,34H2,1-4H3/t29-/m0/s1. The van der Waals surface area contributed by atoms with Crippen LogP contribution in [-0.4, -0.2) is 33.4 Å². The molecular formula is C32H37ClN4O. The predicted octanol–water partition coefficient (Wildman–Crippen LogP) is 7.14. The molecule has 1 atom stereocenters. The van der Waals surface area contributed by atoms with E-state index in [1.807, 2.05) is 78.6 Å². The van der Waals surface area contributed by atoms with E-state index in [-0.39, 0.29) is 17.4 Å². The van der Waals surface area contributed by atoms with Crippen molar-refractivity contribution in [2.45, 2.75) is 46.7 Å². The fourth-order valence-electron chi connectivity index (χ4n) is 4.81. The largest absolute Gasteiger partial charge is 0.330 e. The van der Waals surface area contributed by atoms with Gasteiger partial charge in [0.05, 0.1) is 11.7 Å². The average Bonchev–Trinajstić information content (AvgIpc) is 3.29. The number of carbonyl (C=O) groups excluding carboxylic acids is 1. The van der Waals surface area contributed by atoms with Crippen LogP contribution in [0.3, 0.4) is 0 Å². The van der Waals surface area contributed by atoms with E-state index < -0.39 is 0 Å². The number of amides is 1. The highest BCUT2D eigenvalue weighted by molar-refractivity contribution is 6.30. The monoisotopic (exact) mass is 528 g/mol. The van der Waals surface area contributed by atoms with E-state index in [0.717, 1.165) is 28.2 Å². The molecule has 0 saturated heterocycles. The number of aryl methyl sites for hydroxylation is 1. The first-order valence-electron chi connectivity index (χ1n) is 13.1. The van der Waals surface area contributed by atoms with Gasteiger partial charge in [-0.25, -0.2) is 4.98 Å². The molecule has 2 N–H and O–H groups in total. The number of hydrogen-bond acceptors (Lipinski definition) is 3. The molecule has 1 heterocycles. The van der Waals surface area contributed by atoms with Crippen LogP contribution in [0.4, 0.5) is 0 Å². The highest BCUT2D eigenvalue weighted by atomic mass is 35.5. The Kier molecular flexibility index (Phi) is 8.70. The van der Waals surface area contributed by atoms with Gasteiger partial charge in [-0.1, -0.05) is 92.5 Å². The lowest BCUT2D eigenvalue weighted by Crippen LogP contribution is -2.43. The lowest BCUT2D eigenvalue weighted by molar-refractivity contribution is 0.0482. The van der Waals surface area contributed by atoms with Gasteiger partial charge in [-0.05, 0) is 55.1 Å². The zero-order valence-corrected chi connectivity index (χ0v) is 23.4. The molecule has 0 spiro atoms. The third kappa shape index (κ3) is 6.53. The van der Waals surface area contributed by atoms with E-state index in [1.54, 1.807) is 0 Å². The molecule has 38 heavy (non-hydrogen) atoms. The summed E-state index contributed by atoms with van der Waals surface area (Å²) in [6.45, 7) is 10.2. The lowest BCUT2D eigenvalue weighted by Gasteiger charge is -2.40. The Morgan fingerprint density at radius 1 is 1.03 bits per heavy atom. The predicted molar refractivity (Wildman–Crippen MR) is 156 cm³/mol. The number of rotatable bonds is 9. The van der Waals surface area contributed by atoms with Crippen molar-refractivity contribution in [1.29, 1.82) is 0 Å². The molecule has 4 rings (SSSR count). The normalized spacial score (nSPS) is 12.4. The number of benzene rings is 3. The molecular weight excluding hydrogens is 492 g/mol. The van der Waals surface area contributed by atoms with Crippen LogP contribution in [0.1, 0.15) is 60.5 Å². The molecule has 1 amide bonds. The van der Waals surface area contributed by atoms with Gasteiger partial charge in [0, 0.05) is 35.4 Å². The van der Waals surface area contributed by atoms with Crippen LogP contribution in [0.5, 0.6) is 0 Å². The Balaban J connectivity index is 1.87. The Labute approximate surface area is 231 Å². The van der Waals surface area contributed by atoms with Crippen LogP contribution in [0.25, 0.3) is 11.3 Å². The summed E-state index contributed by atoms with van der Waals surface area (Å²) in [7, 11) is 0. The Bertz CT molecular complexity index is 1360. The van der Waals surface area contributed by atoms with Gasteiger partial charge in [0.2, 0.25) is 0 Å².